The summed E-state index contributed by atoms with van der Waals surface area (Å²) in [6.07, 6.45) is 1.27. The zero-order chi connectivity index (χ0) is 21.1. The highest BCUT2D eigenvalue weighted by atomic mass is 16.6. The highest BCUT2D eigenvalue weighted by molar-refractivity contribution is 6.06. The fourth-order valence-corrected chi connectivity index (χ4v) is 3.11. The van der Waals surface area contributed by atoms with Crippen molar-refractivity contribution in [3.05, 3.63) is 23.9 Å². The van der Waals surface area contributed by atoms with Gasteiger partial charge in [-0.2, -0.15) is 0 Å². The highest BCUT2D eigenvalue weighted by Gasteiger charge is 2.55. The van der Waals surface area contributed by atoms with Crippen molar-refractivity contribution in [3.8, 4) is 0 Å². The Hall–Kier alpha value is -2.84. The molecule has 2 amide bonds. The van der Waals surface area contributed by atoms with Gasteiger partial charge < -0.3 is 19.5 Å². The Morgan fingerprint density at radius 1 is 1.25 bits per heavy atom. The molecule has 28 heavy (non-hydrogen) atoms. The first-order valence-electron chi connectivity index (χ1n) is 9.11. The Labute approximate surface area is 163 Å². The average Bonchev–Trinajstić information content (AvgIpc) is 2.61. The van der Waals surface area contributed by atoms with Crippen molar-refractivity contribution in [2.75, 3.05) is 13.2 Å². The molecule has 9 nitrogen and oxygen atoms in total. The van der Waals surface area contributed by atoms with Crippen LogP contribution in [-0.2, 0) is 28.6 Å². The van der Waals surface area contributed by atoms with E-state index in [2.05, 4.69) is 11.9 Å². The quantitative estimate of drug-likeness (QED) is 0.314. The standard InChI is InChI=1S/C19H26N2O7/c1-6-10-27-17(24)14-11(16(23)26-7-2)8-9-12-13(15(22)21(12)14)20-18(25)28-19(3,4)5/h6,12-13H,1,7-10H2,2-5H3,(H,20,25)/t12-,13+/m1/s1. The second-order valence-electron chi connectivity index (χ2n) is 7.37. The summed E-state index contributed by atoms with van der Waals surface area (Å²) < 4.78 is 15.2. The van der Waals surface area contributed by atoms with Crippen molar-refractivity contribution >= 4 is 23.9 Å². The Bertz CT molecular complexity index is 720. The molecular weight excluding hydrogens is 368 g/mol. The van der Waals surface area contributed by atoms with Crippen LogP contribution in [0.3, 0.4) is 0 Å². The van der Waals surface area contributed by atoms with Crippen molar-refractivity contribution in [1.29, 1.82) is 0 Å². The molecule has 2 atom stereocenters. The van der Waals surface area contributed by atoms with Crippen LogP contribution in [0.15, 0.2) is 23.9 Å². The van der Waals surface area contributed by atoms with Crippen LogP contribution in [-0.4, -0.2) is 59.7 Å². The van der Waals surface area contributed by atoms with E-state index in [1.54, 1.807) is 27.7 Å². The van der Waals surface area contributed by atoms with Crippen LogP contribution in [0.2, 0.25) is 0 Å². The summed E-state index contributed by atoms with van der Waals surface area (Å²) in [6.45, 7) is 10.3. The maximum atomic E-state index is 12.7. The topological polar surface area (TPSA) is 111 Å². The zero-order valence-electron chi connectivity index (χ0n) is 16.6. The molecule has 2 aliphatic rings. The van der Waals surface area contributed by atoms with Crippen molar-refractivity contribution in [1.82, 2.24) is 10.2 Å². The molecule has 0 saturated carbocycles. The maximum Gasteiger partial charge on any atom is 0.408 e. The largest absolute Gasteiger partial charge is 0.463 e. The van der Waals surface area contributed by atoms with Gasteiger partial charge in [-0.25, -0.2) is 14.4 Å². The van der Waals surface area contributed by atoms with Crippen molar-refractivity contribution in [3.63, 3.8) is 0 Å². The third-order valence-corrected chi connectivity index (χ3v) is 4.16. The van der Waals surface area contributed by atoms with Crippen LogP contribution in [0.25, 0.3) is 0 Å². The van der Waals surface area contributed by atoms with Crippen LogP contribution in [0.5, 0.6) is 0 Å². The molecule has 1 fully saturated rings. The van der Waals surface area contributed by atoms with Crippen LogP contribution in [0.1, 0.15) is 40.5 Å². The predicted octanol–water partition coefficient (Wildman–Crippen LogP) is 1.43. The van der Waals surface area contributed by atoms with Gasteiger partial charge in [0.15, 0.2) is 0 Å². The molecule has 1 saturated heterocycles. The van der Waals surface area contributed by atoms with Crippen molar-refractivity contribution < 1.29 is 33.4 Å². The third kappa shape index (κ3) is 4.52. The SMILES string of the molecule is C=CCOC(=O)C1=C(C(=O)OCC)CC[C@@H]2[C@H](NC(=O)OC(C)(C)C)C(=O)N12. The molecular formula is C19H26N2O7. The van der Waals surface area contributed by atoms with Crippen molar-refractivity contribution in [2.24, 2.45) is 0 Å². The van der Waals surface area contributed by atoms with Gasteiger partial charge in [-0.05, 0) is 40.5 Å². The van der Waals surface area contributed by atoms with Gasteiger partial charge in [-0.15, -0.1) is 0 Å². The summed E-state index contributed by atoms with van der Waals surface area (Å²) in [6, 6.07) is -1.30. The minimum absolute atomic E-state index is 0.0648. The predicted molar refractivity (Wildman–Crippen MR) is 97.8 cm³/mol. The molecule has 9 heteroatoms. The number of nitrogens with one attached hydrogen (secondary N) is 1. The molecule has 0 bridgehead atoms. The molecule has 0 aromatic heterocycles. The van der Waals surface area contributed by atoms with E-state index in [9.17, 15) is 19.2 Å². The number of β-lactam (4-membered cyclic amide) rings is 1. The lowest BCUT2D eigenvalue weighted by Gasteiger charge is -2.50. The summed E-state index contributed by atoms with van der Waals surface area (Å²) in [7, 11) is 0. The Morgan fingerprint density at radius 2 is 1.93 bits per heavy atom. The summed E-state index contributed by atoms with van der Waals surface area (Å²) in [5.74, 6) is -1.98. The first-order valence-corrected chi connectivity index (χ1v) is 9.11. The number of hydrogen-bond acceptors (Lipinski definition) is 7. The second kappa shape index (κ2) is 8.45. The highest BCUT2D eigenvalue weighted by Crippen LogP contribution is 2.37. The number of amides is 2. The lowest BCUT2D eigenvalue weighted by Crippen LogP contribution is -2.72. The van der Waals surface area contributed by atoms with Gasteiger partial charge >= 0.3 is 18.0 Å². The van der Waals surface area contributed by atoms with E-state index >= 15 is 0 Å². The maximum absolute atomic E-state index is 12.7. The number of carbonyl (C=O) groups is 4. The van der Waals surface area contributed by atoms with Crippen LogP contribution in [0, 0.1) is 0 Å². The summed E-state index contributed by atoms with van der Waals surface area (Å²) in [5.41, 5.74) is -0.750. The van der Waals surface area contributed by atoms with Gasteiger partial charge in [-0.1, -0.05) is 12.7 Å². The first kappa shape index (κ1) is 21.5. The Kier molecular flexibility index (Phi) is 6.48. The minimum atomic E-state index is -0.833. The summed E-state index contributed by atoms with van der Waals surface area (Å²) in [5, 5.41) is 2.53. The average molecular weight is 394 g/mol. The summed E-state index contributed by atoms with van der Waals surface area (Å²) >= 11 is 0. The number of nitrogens with zero attached hydrogens (tertiary/aromatic N) is 1. The summed E-state index contributed by atoms with van der Waals surface area (Å²) in [4.78, 5) is 50.6. The smallest absolute Gasteiger partial charge is 0.408 e. The molecule has 0 unspecified atom stereocenters. The molecule has 1 N–H and O–H groups in total. The van der Waals surface area contributed by atoms with Crippen molar-refractivity contribution in [2.45, 2.75) is 58.2 Å². The fourth-order valence-electron chi connectivity index (χ4n) is 3.11. The Balaban J connectivity index is 2.23. The van der Waals surface area contributed by atoms with Crippen LogP contribution < -0.4 is 5.32 Å². The van der Waals surface area contributed by atoms with Gasteiger partial charge in [0.1, 0.15) is 23.9 Å². The van der Waals surface area contributed by atoms with Gasteiger partial charge in [0.25, 0.3) is 5.91 Å². The number of esters is 2. The monoisotopic (exact) mass is 394 g/mol. The van der Waals surface area contributed by atoms with Crippen LogP contribution >= 0.6 is 0 Å². The number of rotatable bonds is 6. The van der Waals surface area contributed by atoms with E-state index in [1.165, 1.54) is 11.0 Å². The first-order chi connectivity index (χ1) is 13.1. The lowest BCUT2D eigenvalue weighted by atomic mass is 9.83. The molecule has 2 aliphatic heterocycles. The molecule has 154 valence electrons. The number of alkyl carbamates (subject to hydrolysis) is 1. The van der Waals surface area contributed by atoms with E-state index in [4.69, 9.17) is 14.2 Å². The van der Waals surface area contributed by atoms with Gasteiger partial charge in [0.05, 0.1) is 18.2 Å². The molecule has 0 radical (unpaired) electrons. The molecule has 0 aromatic rings. The van der Waals surface area contributed by atoms with E-state index in [1.807, 2.05) is 0 Å². The van der Waals surface area contributed by atoms with Gasteiger partial charge in [0, 0.05) is 0 Å². The number of fused-ring (bicyclic) bond motifs is 1. The zero-order valence-corrected chi connectivity index (χ0v) is 16.6. The molecule has 0 aromatic carbocycles. The van der Waals surface area contributed by atoms with Gasteiger partial charge in [-0.3, -0.25) is 9.69 Å². The molecule has 0 spiro atoms. The Morgan fingerprint density at radius 3 is 2.50 bits per heavy atom. The van der Waals surface area contributed by atoms with E-state index in [-0.39, 0.29) is 30.9 Å². The molecule has 0 aliphatic carbocycles. The second-order valence-corrected chi connectivity index (χ2v) is 7.37. The van der Waals surface area contributed by atoms with Gasteiger partial charge in [0.2, 0.25) is 0 Å². The number of ether oxygens (including phenoxy) is 3. The normalized spacial score (nSPS) is 21.3. The minimum Gasteiger partial charge on any atom is -0.463 e. The van der Waals surface area contributed by atoms with E-state index in [0.29, 0.717) is 6.42 Å². The molecule has 2 heterocycles. The number of carbonyl (C=O) groups excluding carboxylic acids is 4. The van der Waals surface area contributed by atoms with Crippen LogP contribution in [0.4, 0.5) is 4.79 Å². The lowest BCUT2D eigenvalue weighted by molar-refractivity contribution is -0.157. The van der Waals surface area contributed by atoms with E-state index in [0.717, 1.165) is 0 Å². The fraction of sp³-hybridized carbons (Fsp3) is 0.579. The number of hydrogen-bond donors (Lipinski definition) is 1. The third-order valence-electron chi connectivity index (χ3n) is 4.16. The molecule has 2 rings (SSSR count). The van der Waals surface area contributed by atoms with E-state index < -0.39 is 41.6 Å².